The lowest BCUT2D eigenvalue weighted by molar-refractivity contribution is 0.0955. The molecule has 3 N–H and O–H groups in total. The molecule has 1 amide bonds. The number of nitrogens with two attached hydrogens (primary N) is 1. The second-order valence-electron chi connectivity index (χ2n) is 6.23. The van der Waals surface area contributed by atoms with Gasteiger partial charge in [-0.15, -0.1) is 0 Å². The third kappa shape index (κ3) is 4.59. The summed E-state index contributed by atoms with van der Waals surface area (Å²) >= 11 is 1.34. The summed E-state index contributed by atoms with van der Waals surface area (Å²) in [5.74, 6) is 0.500. The number of ether oxygens (including phenoxy) is 1. The number of para-hydroxylation sites is 1. The molecular weight excluding hydrogens is 384 g/mol. The van der Waals surface area contributed by atoms with Crippen molar-refractivity contribution in [2.45, 2.75) is 6.61 Å². The van der Waals surface area contributed by atoms with Crippen molar-refractivity contribution >= 4 is 38.8 Å². The number of carbonyl (C=O) groups excluding carboxylic acids is 1. The highest BCUT2D eigenvalue weighted by Gasteiger charge is 2.08. The molecule has 29 heavy (non-hydrogen) atoms. The number of benzene rings is 3. The molecule has 0 saturated carbocycles. The van der Waals surface area contributed by atoms with E-state index >= 15 is 0 Å². The number of hydrazone groups is 1. The lowest BCUT2D eigenvalue weighted by Crippen LogP contribution is -2.17. The summed E-state index contributed by atoms with van der Waals surface area (Å²) in [5.41, 5.74) is 11.4. The van der Waals surface area contributed by atoms with E-state index in [4.69, 9.17) is 10.5 Å². The van der Waals surface area contributed by atoms with Crippen LogP contribution < -0.4 is 15.9 Å². The Labute approximate surface area is 171 Å². The van der Waals surface area contributed by atoms with E-state index in [9.17, 15) is 4.79 Å². The van der Waals surface area contributed by atoms with Crippen LogP contribution in [0.25, 0.3) is 10.2 Å². The summed E-state index contributed by atoms with van der Waals surface area (Å²) in [6.45, 7) is 0.406. The lowest BCUT2D eigenvalue weighted by atomic mass is 10.1. The Morgan fingerprint density at radius 1 is 1.10 bits per heavy atom. The third-order valence-electron chi connectivity index (χ3n) is 4.23. The molecule has 0 fully saturated rings. The Balaban J connectivity index is 1.42. The van der Waals surface area contributed by atoms with E-state index in [1.54, 1.807) is 24.4 Å². The topological polar surface area (TPSA) is 89.6 Å². The smallest absolute Gasteiger partial charge is 0.271 e. The van der Waals surface area contributed by atoms with Gasteiger partial charge in [-0.1, -0.05) is 53.8 Å². The summed E-state index contributed by atoms with van der Waals surface area (Å²) in [4.78, 5) is 16.6. The van der Waals surface area contributed by atoms with Gasteiger partial charge in [0.2, 0.25) is 0 Å². The van der Waals surface area contributed by atoms with Crippen molar-refractivity contribution < 1.29 is 9.53 Å². The van der Waals surface area contributed by atoms with Crippen molar-refractivity contribution in [3.8, 4) is 5.75 Å². The van der Waals surface area contributed by atoms with Gasteiger partial charge < -0.3 is 10.5 Å². The zero-order valence-corrected chi connectivity index (χ0v) is 16.2. The number of anilines is 1. The van der Waals surface area contributed by atoms with Gasteiger partial charge in [0.25, 0.3) is 5.91 Å². The monoisotopic (exact) mass is 402 g/mol. The fourth-order valence-electron chi connectivity index (χ4n) is 2.78. The number of thiazole rings is 1. The quantitative estimate of drug-likeness (QED) is 0.373. The molecule has 0 aliphatic carbocycles. The highest BCUT2D eigenvalue weighted by molar-refractivity contribution is 7.22. The van der Waals surface area contributed by atoms with Gasteiger partial charge in [0.05, 0.1) is 16.4 Å². The molecule has 0 atom stereocenters. The molecular formula is C22H18N4O2S. The first-order valence-electron chi connectivity index (χ1n) is 8.94. The third-order valence-corrected chi connectivity index (χ3v) is 5.08. The zero-order chi connectivity index (χ0) is 20.1. The van der Waals surface area contributed by atoms with Crippen molar-refractivity contribution in [3.63, 3.8) is 0 Å². The minimum absolute atomic E-state index is 0.298. The van der Waals surface area contributed by atoms with E-state index in [0.717, 1.165) is 27.1 Å². The van der Waals surface area contributed by atoms with Crippen molar-refractivity contribution in [2.75, 3.05) is 5.73 Å². The first-order chi connectivity index (χ1) is 14.2. The highest BCUT2D eigenvalue weighted by Crippen LogP contribution is 2.24. The first-order valence-corrected chi connectivity index (χ1v) is 9.76. The Bertz CT molecular complexity index is 1170. The van der Waals surface area contributed by atoms with E-state index in [1.807, 2.05) is 54.6 Å². The van der Waals surface area contributed by atoms with Crippen molar-refractivity contribution in [3.05, 3.63) is 89.5 Å². The number of rotatable bonds is 6. The maximum Gasteiger partial charge on any atom is 0.271 e. The Hall–Kier alpha value is -3.71. The molecule has 0 radical (unpaired) electrons. The molecule has 3 aromatic carbocycles. The molecule has 0 aliphatic rings. The largest absolute Gasteiger partial charge is 0.489 e. The van der Waals surface area contributed by atoms with Crippen LogP contribution in [0.4, 0.5) is 5.13 Å². The van der Waals surface area contributed by atoms with E-state index in [-0.39, 0.29) is 5.91 Å². The average Bonchev–Trinajstić information content (AvgIpc) is 3.13. The molecule has 6 nitrogen and oxygen atoms in total. The number of aromatic nitrogens is 1. The van der Waals surface area contributed by atoms with Gasteiger partial charge in [-0.05, 0) is 35.9 Å². The highest BCUT2D eigenvalue weighted by atomic mass is 32.1. The van der Waals surface area contributed by atoms with Gasteiger partial charge in [-0.3, -0.25) is 4.79 Å². The summed E-state index contributed by atoms with van der Waals surface area (Å²) in [6, 6.07) is 22.6. The van der Waals surface area contributed by atoms with Gasteiger partial charge in [-0.2, -0.15) is 5.10 Å². The van der Waals surface area contributed by atoms with Gasteiger partial charge in [0, 0.05) is 11.1 Å². The maximum absolute atomic E-state index is 12.4. The first kappa shape index (κ1) is 18.6. The lowest BCUT2D eigenvalue weighted by Gasteiger charge is -2.08. The van der Waals surface area contributed by atoms with Crippen LogP contribution in [0.5, 0.6) is 5.75 Å². The van der Waals surface area contributed by atoms with Gasteiger partial charge in [0.1, 0.15) is 12.4 Å². The molecule has 0 saturated heterocycles. The second-order valence-corrected chi connectivity index (χ2v) is 7.30. The summed E-state index contributed by atoms with van der Waals surface area (Å²) < 4.78 is 6.67. The normalized spacial score (nSPS) is 11.0. The predicted octanol–water partition coefficient (Wildman–Crippen LogP) is 4.22. The SMILES string of the molecule is Nc1nc2ccc(C(=O)N/N=C\c3ccccc3COc3ccccc3)cc2s1. The minimum atomic E-state index is -0.298. The summed E-state index contributed by atoms with van der Waals surface area (Å²) in [6.07, 6.45) is 1.62. The number of nitrogens with one attached hydrogen (secondary N) is 1. The molecule has 0 bridgehead atoms. The molecule has 0 spiro atoms. The van der Waals surface area contributed by atoms with Crippen LogP contribution in [0.1, 0.15) is 21.5 Å². The van der Waals surface area contributed by atoms with Crippen LogP contribution in [0.3, 0.4) is 0 Å². The second kappa shape index (κ2) is 8.53. The predicted molar refractivity (Wildman–Crippen MR) is 116 cm³/mol. The van der Waals surface area contributed by atoms with Gasteiger partial charge >= 0.3 is 0 Å². The number of amides is 1. The number of carbonyl (C=O) groups is 1. The molecule has 1 aromatic heterocycles. The van der Waals surface area contributed by atoms with E-state index in [2.05, 4.69) is 15.5 Å². The fourth-order valence-corrected chi connectivity index (χ4v) is 3.55. The maximum atomic E-state index is 12.4. The van der Waals surface area contributed by atoms with Gasteiger partial charge in [-0.25, -0.2) is 10.4 Å². The Morgan fingerprint density at radius 2 is 1.90 bits per heavy atom. The van der Waals surface area contributed by atoms with Crippen LogP contribution >= 0.6 is 11.3 Å². The molecule has 4 rings (SSSR count). The Morgan fingerprint density at radius 3 is 2.76 bits per heavy atom. The number of fused-ring (bicyclic) bond motifs is 1. The number of hydrogen-bond acceptors (Lipinski definition) is 6. The molecule has 4 aromatic rings. The Kier molecular flexibility index (Phi) is 5.49. The summed E-state index contributed by atoms with van der Waals surface area (Å²) in [7, 11) is 0. The van der Waals surface area contributed by atoms with Crippen LogP contribution in [-0.2, 0) is 6.61 Å². The van der Waals surface area contributed by atoms with Crippen LogP contribution in [0, 0.1) is 0 Å². The minimum Gasteiger partial charge on any atom is -0.489 e. The van der Waals surface area contributed by atoms with E-state index in [0.29, 0.717) is 17.3 Å². The van der Waals surface area contributed by atoms with Crippen molar-refractivity contribution in [2.24, 2.45) is 5.10 Å². The fraction of sp³-hybridized carbons (Fsp3) is 0.0455. The molecule has 7 heteroatoms. The molecule has 0 aliphatic heterocycles. The van der Waals surface area contributed by atoms with Crippen LogP contribution in [0.15, 0.2) is 77.9 Å². The van der Waals surface area contributed by atoms with E-state index < -0.39 is 0 Å². The number of nitrogens with zero attached hydrogens (tertiary/aromatic N) is 2. The standard InChI is InChI=1S/C22H18N4O2S/c23-22-25-19-11-10-15(12-20(19)29-22)21(27)26-24-13-16-6-4-5-7-17(16)14-28-18-8-2-1-3-9-18/h1-13H,14H2,(H2,23,25)(H,26,27)/b24-13-. The van der Waals surface area contributed by atoms with Crippen molar-refractivity contribution in [1.82, 2.24) is 10.4 Å². The zero-order valence-electron chi connectivity index (χ0n) is 15.4. The molecule has 1 heterocycles. The van der Waals surface area contributed by atoms with Crippen LogP contribution in [-0.4, -0.2) is 17.1 Å². The van der Waals surface area contributed by atoms with Gasteiger partial charge in [0.15, 0.2) is 5.13 Å². The van der Waals surface area contributed by atoms with Crippen LogP contribution in [0.2, 0.25) is 0 Å². The molecule has 144 valence electrons. The average molecular weight is 402 g/mol. The number of nitrogen functional groups attached to an aromatic ring is 1. The summed E-state index contributed by atoms with van der Waals surface area (Å²) in [5, 5.41) is 4.58. The van der Waals surface area contributed by atoms with E-state index in [1.165, 1.54) is 11.3 Å². The number of hydrogen-bond donors (Lipinski definition) is 2. The van der Waals surface area contributed by atoms with Crippen molar-refractivity contribution in [1.29, 1.82) is 0 Å². The molecule has 0 unspecified atom stereocenters.